The van der Waals surface area contributed by atoms with Gasteiger partial charge >= 0.3 is 12.4 Å². The molecule has 0 atom stereocenters. The van der Waals surface area contributed by atoms with Gasteiger partial charge in [-0.25, -0.2) is 0 Å². The number of hydrogen-bond donors (Lipinski definition) is 0. The zero-order valence-electron chi connectivity index (χ0n) is 7.89. The Hall–Kier alpha value is -0.620. The third kappa shape index (κ3) is 3.19. The first-order valence-electron chi connectivity index (χ1n) is 4.10. The van der Waals surface area contributed by atoms with Crippen LogP contribution in [0.25, 0.3) is 0 Å². The molecule has 0 aliphatic heterocycles. The number of halogens is 8. The largest absolute Gasteiger partial charge is 0.417 e. The molecule has 0 N–H and O–H groups in total. The van der Waals surface area contributed by atoms with Gasteiger partial charge in [0.2, 0.25) is 0 Å². The maximum atomic E-state index is 12.4. The molecule has 0 saturated heterocycles. The van der Waals surface area contributed by atoms with E-state index in [9.17, 15) is 26.3 Å². The van der Waals surface area contributed by atoms with Crippen LogP contribution in [0.1, 0.15) is 16.7 Å². The summed E-state index contributed by atoms with van der Waals surface area (Å²) in [5.41, 5.74) is -3.37. The van der Waals surface area contributed by atoms with Gasteiger partial charge < -0.3 is 0 Å². The van der Waals surface area contributed by atoms with E-state index < -0.39 is 34.4 Å². The van der Waals surface area contributed by atoms with E-state index in [2.05, 4.69) is 0 Å². The van der Waals surface area contributed by atoms with Gasteiger partial charge in [-0.05, 0) is 17.7 Å². The number of hydrogen-bond acceptors (Lipinski definition) is 0. The smallest absolute Gasteiger partial charge is 0.166 e. The highest BCUT2D eigenvalue weighted by molar-refractivity contribution is 6.32. The Morgan fingerprint density at radius 2 is 1.24 bits per heavy atom. The summed E-state index contributed by atoms with van der Waals surface area (Å²) in [6.07, 6.45) is -9.92. The summed E-state index contributed by atoms with van der Waals surface area (Å²) in [6, 6.07) is 1.01. The van der Waals surface area contributed by atoms with Crippen LogP contribution < -0.4 is 0 Å². The van der Waals surface area contributed by atoms with Crippen LogP contribution in [-0.2, 0) is 18.2 Å². The van der Waals surface area contributed by atoms with Crippen molar-refractivity contribution in [2.75, 3.05) is 0 Å². The molecular formula is C9H4Cl2F6. The molecule has 0 amide bonds. The fraction of sp³-hybridized carbons (Fsp3) is 0.333. The van der Waals surface area contributed by atoms with Crippen LogP contribution in [0.3, 0.4) is 0 Å². The quantitative estimate of drug-likeness (QED) is 0.499. The van der Waals surface area contributed by atoms with Gasteiger partial charge in [0.15, 0.2) is 0 Å². The molecule has 0 aromatic heterocycles. The van der Waals surface area contributed by atoms with Crippen LogP contribution >= 0.6 is 23.2 Å². The van der Waals surface area contributed by atoms with Crippen LogP contribution in [0, 0.1) is 0 Å². The van der Waals surface area contributed by atoms with Crippen molar-refractivity contribution in [3.8, 4) is 0 Å². The molecular weight excluding hydrogens is 293 g/mol. The Labute approximate surface area is 102 Å². The molecule has 0 fully saturated rings. The Morgan fingerprint density at radius 1 is 0.882 bits per heavy atom. The fourth-order valence-electron chi connectivity index (χ4n) is 1.17. The SMILES string of the molecule is FC(F)(F)c1cc(CCl)cc(C(F)(F)F)c1Cl. The van der Waals surface area contributed by atoms with E-state index in [1.54, 1.807) is 0 Å². The summed E-state index contributed by atoms with van der Waals surface area (Å²) < 4.78 is 74.6. The van der Waals surface area contributed by atoms with Gasteiger partial charge in [0.05, 0.1) is 16.1 Å². The normalized spacial score (nSPS) is 12.9. The second-order valence-corrected chi connectivity index (χ2v) is 3.78. The van der Waals surface area contributed by atoms with E-state index in [0.29, 0.717) is 12.1 Å². The van der Waals surface area contributed by atoms with E-state index in [4.69, 9.17) is 23.2 Å². The summed E-state index contributed by atoms with van der Waals surface area (Å²) >= 11 is 10.4. The average Bonchev–Trinajstić information content (AvgIpc) is 2.14. The van der Waals surface area contributed by atoms with E-state index in [1.807, 2.05) is 0 Å². The predicted octanol–water partition coefficient (Wildman–Crippen LogP) is 5.12. The molecule has 1 aromatic carbocycles. The third-order valence-electron chi connectivity index (χ3n) is 1.90. The van der Waals surface area contributed by atoms with Crippen molar-refractivity contribution in [2.45, 2.75) is 18.2 Å². The minimum absolute atomic E-state index is 0.296. The van der Waals surface area contributed by atoms with Crippen molar-refractivity contribution < 1.29 is 26.3 Å². The van der Waals surface area contributed by atoms with Gasteiger partial charge in [-0.2, -0.15) is 26.3 Å². The van der Waals surface area contributed by atoms with Gasteiger partial charge in [-0.1, -0.05) is 11.6 Å². The molecule has 0 unspecified atom stereocenters. The van der Waals surface area contributed by atoms with Crippen LogP contribution in [-0.4, -0.2) is 0 Å². The van der Waals surface area contributed by atoms with Gasteiger partial charge in [0.1, 0.15) is 0 Å². The summed E-state index contributed by atoms with van der Waals surface area (Å²) in [5, 5.41) is -1.36. The molecule has 0 aliphatic rings. The highest BCUT2D eigenvalue weighted by Crippen LogP contribution is 2.43. The van der Waals surface area contributed by atoms with E-state index >= 15 is 0 Å². The standard InChI is InChI=1S/C9H4Cl2F6/c10-3-4-1-5(8(12,13)14)7(11)6(2-4)9(15,16)17/h1-2H,3H2. The van der Waals surface area contributed by atoms with Crippen molar-refractivity contribution in [3.63, 3.8) is 0 Å². The molecule has 1 rings (SSSR count). The Morgan fingerprint density at radius 3 is 1.47 bits per heavy atom. The maximum Gasteiger partial charge on any atom is 0.417 e. The van der Waals surface area contributed by atoms with Crippen molar-refractivity contribution in [3.05, 3.63) is 33.8 Å². The minimum Gasteiger partial charge on any atom is -0.166 e. The highest BCUT2D eigenvalue weighted by Gasteiger charge is 2.40. The first-order chi connectivity index (χ1) is 7.57. The van der Waals surface area contributed by atoms with E-state index in [0.717, 1.165) is 0 Å². The van der Waals surface area contributed by atoms with Crippen molar-refractivity contribution in [1.29, 1.82) is 0 Å². The van der Waals surface area contributed by atoms with E-state index in [1.165, 1.54) is 0 Å². The zero-order valence-corrected chi connectivity index (χ0v) is 9.40. The molecule has 0 aliphatic carbocycles. The second-order valence-electron chi connectivity index (χ2n) is 3.13. The maximum absolute atomic E-state index is 12.4. The molecule has 0 heterocycles. The lowest BCUT2D eigenvalue weighted by Crippen LogP contribution is -2.13. The molecule has 0 bridgehead atoms. The average molecular weight is 297 g/mol. The van der Waals surface area contributed by atoms with Crippen LogP contribution in [0.15, 0.2) is 12.1 Å². The number of alkyl halides is 7. The van der Waals surface area contributed by atoms with Gasteiger partial charge in [0.25, 0.3) is 0 Å². The Balaban J connectivity index is 3.53. The molecule has 0 spiro atoms. The monoisotopic (exact) mass is 296 g/mol. The first kappa shape index (κ1) is 14.4. The van der Waals surface area contributed by atoms with Crippen molar-refractivity contribution >= 4 is 23.2 Å². The molecule has 0 radical (unpaired) electrons. The number of benzene rings is 1. The molecule has 17 heavy (non-hydrogen) atoms. The molecule has 8 heteroatoms. The lowest BCUT2D eigenvalue weighted by atomic mass is 10.1. The minimum atomic E-state index is -4.96. The fourth-order valence-corrected chi connectivity index (χ4v) is 1.65. The summed E-state index contributed by atoms with van der Waals surface area (Å²) in [5.74, 6) is -0.469. The van der Waals surface area contributed by atoms with E-state index in [-0.39, 0.29) is 5.56 Å². The van der Waals surface area contributed by atoms with Crippen molar-refractivity contribution in [1.82, 2.24) is 0 Å². The third-order valence-corrected chi connectivity index (χ3v) is 2.61. The summed E-state index contributed by atoms with van der Waals surface area (Å²) in [7, 11) is 0. The first-order valence-corrected chi connectivity index (χ1v) is 5.01. The lowest BCUT2D eigenvalue weighted by Gasteiger charge is -2.16. The summed E-state index contributed by atoms with van der Waals surface area (Å²) in [6.45, 7) is 0. The Kier molecular flexibility index (Phi) is 3.88. The molecule has 96 valence electrons. The van der Waals surface area contributed by atoms with Crippen LogP contribution in [0.2, 0.25) is 5.02 Å². The summed E-state index contributed by atoms with van der Waals surface area (Å²) in [4.78, 5) is 0. The molecule has 1 aromatic rings. The topological polar surface area (TPSA) is 0 Å². The predicted molar refractivity (Wildman–Crippen MR) is 51.0 cm³/mol. The van der Waals surface area contributed by atoms with Gasteiger partial charge in [-0.15, -0.1) is 11.6 Å². The van der Waals surface area contributed by atoms with Gasteiger partial charge in [-0.3, -0.25) is 0 Å². The number of rotatable bonds is 1. The van der Waals surface area contributed by atoms with Crippen molar-refractivity contribution in [2.24, 2.45) is 0 Å². The Bertz CT molecular complexity index is 385. The zero-order chi connectivity index (χ0) is 13.4. The van der Waals surface area contributed by atoms with Crippen LogP contribution in [0.5, 0.6) is 0 Å². The lowest BCUT2D eigenvalue weighted by molar-refractivity contribution is -0.142. The molecule has 0 nitrogen and oxygen atoms in total. The van der Waals surface area contributed by atoms with Gasteiger partial charge in [0, 0.05) is 5.88 Å². The second kappa shape index (κ2) is 4.57. The van der Waals surface area contributed by atoms with Crippen LogP contribution in [0.4, 0.5) is 26.3 Å². The highest BCUT2D eigenvalue weighted by atomic mass is 35.5. The molecule has 0 saturated carbocycles.